The van der Waals surface area contributed by atoms with Gasteiger partial charge in [0.1, 0.15) is 4.90 Å². The third-order valence-corrected chi connectivity index (χ3v) is 6.29. The summed E-state index contributed by atoms with van der Waals surface area (Å²) in [4.78, 5) is -2.25. The molecule has 0 amide bonds. The van der Waals surface area contributed by atoms with Crippen LogP contribution in [0.1, 0.15) is 0 Å². The Hall–Kier alpha value is -1.15. The first-order valence-corrected chi connectivity index (χ1v) is 16.0. The SMILES string of the molecule is FS(F)(F)(F)(Cl)c1ccccc1.FS(F)(F)(F)(F)c1ccccc1.Sc1ccccc1.[F][Zn][F]. The summed E-state index contributed by atoms with van der Waals surface area (Å²) in [6.07, 6.45) is 0. The van der Waals surface area contributed by atoms with E-state index in [-0.39, 0.29) is 0 Å². The molecule has 0 aromatic heterocycles. The molecule has 0 unspecified atom stereocenters. The zero-order valence-corrected chi connectivity index (χ0v) is 22.9. The first kappa shape index (κ1) is 32.9. The van der Waals surface area contributed by atoms with Crippen molar-refractivity contribution >= 4 is 42.6 Å². The van der Waals surface area contributed by atoms with Gasteiger partial charge in [-0.2, -0.15) is 0 Å². The molecule has 0 heterocycles. The average Bonchev–Trinajstić information content (AvgIpc) is 2.68. The molecule has 0 nitrogen and oxygen atoms in total. The molecule has 0 saturated carbocycles. The molecule has 192 valence electrons. The van der Waals surface area contributed by atoms with Crippen LogP contribution in [0.25, 0.3) is 0 Å². The minimum absolute atomic E-state index is 0.363. The second-order valence-electron chi connectivity index (χ2n) is 6.00. The van der Waals surface area contributed by atoms with E-state index in [4.69, 9.17) is 0 Å². The van der Waals surface area contributed by atoms with Gasteiger partial charge in [0.05, 0.1) is 4.90 Å². The van der Waals surface area contributed by atoms with Crippen LogP contribution in [-0.2, 0) is 18.1 Å². The van der Waals surface area contributed by atoms with Gasteiger partial charge >= 0.3 is 35.0 Å². The summed E-state index contributed by atoms with van der Waals surface area (Å²) in [6, 6.07) is 18.3. The van der Waals surface area contributed by atoms with Gasteiger partial charge in [0.25, 0.3) is 9.05 Å². The van der Waals surface area contributed by atoms with Crippen molar-refractivity contribution in [2.24, 2.45) is 0 Å². The van der Waals surface area contributed by atoms with Crippen molar-refractivity contribution in [3.63, 3.8) is 0 Å². The van der Waals surface area contributed by atoms with Crippen LogP contribution in [0.15, 0.2) is 106 Å². The monoisotopic (exact) mass is 636 g/mol. The molecule has 34 heavy (non-hydrogen) atoms. The Balaban J connectivity index is 0.000000467. The van der Waals surface area contributed by atoms with Crippen molar-refractivity contribution in [2.75, 3.05) is 0 Å². The van der Waals surface area contributed by atoms with Gasteiger partial charge in [0.15, 0.2) is 0 Å². The van der Waals surface area contributed by atoms with E-state index in [1.54, 1.807) is 0 Å². The van der Waals surface area contributed by atoms with Crippen LogP contribution in [0.3, 0.4) is 0 Å². The molecule has 0 aliphatic carbocycles. The van der Waals surface area contributed by atoms with Gasteiger partial charge in [-0.15, -0.1) is 28.2 Å². The topological polar surface area (TPSA) is 0 Å². The number of hydrogen-bond donors (Lipinski definition) is 1. The predicted octanol–water partition coefficient (Wildman–Crippen LogP) is 11.8. The van der Waals surface area contributed by atoms with Gasteiger partial charge < -0.3 is 0 Å². The van der Waals surface area contributed by atoms with Crippen molar-refractivity contribution < 1.29 is 59.7 Å². The van der Waals surface area contributed by atoms with E-state index in [1.165, 1.54) is 12.1 Å². The molecule has 0 spiro atoms. The van der Waals surface area contributed by atoms with E-state index in [1.807, 2.05) is 30.3 Å². The molecule has 3 aromatic carbocycles. The summed E-state index contributed by atoms with van der Waals surface area (Å²) in [7, 11) is -13.9. The van der Waals surface area contributed by atoms with Gasteiger partial charge in [0.2, 0.25) is 0 Å². The van der Waals surface area contributed by atoms with Crippen LogP contribution in [-0.4, -0.2) is 0 Å². The van der Waals surface area contributed by atoms with Gasteiger partial charge in [-0.1, -0.05) is 74.0 Å². The number of hydrogen-bond acceptors (Lipinski definition) is 1. The van der Waals surface area contributed by atoms with Crippen LogP contribution >= 0.6 is 42.6 Å². The normalized spacial score (nSPS) is 14.9. The Morgan fingerprint density at radius 3 is 0.941 bits per heavy atom. The maximum absolute atomic E-state index is 12.4. The fourth-order valence-electron chi connectivity index (χ4n) is 1.78. The Labute approximate surface area is 207 Å². The van der Waals surface area contributed by atoms with Crippen LogP contribution in [0.4, 0.5) is 41.6 Å². The summed E-state index contributed by atoms with van der Waals surface area (Å²) in [5, 5.41) is 0. The zero-order valence-electron chi connectivity index (χ0n) is 16.7. The second-order valence-corrected chi connectivity index (χ2v) is 13.6. The Kier molecular flexibility index (Phi) is 10.1. The Morgan fingerprint density at radius 2 is 0.794 bits per heavy atom. The van der Waals surface area contributed by atoms with Crippen LogP contribution in [0.5, 0.6) is 0 Å². The summed E-state index contributed by atoms with van der Waals surface area (Å²) >= 11 is 1.21. The number of halogens is 12. The molecule has 0 bridgehead atoms. The first-order valence-electron chi connectivity index (χ1n) is 8.44. The third kappa shape index (κ3) is 15.0. The van der Waals surface area contributed by atoms with Crippen LogP contribution in [0, 0.1) is 0 Å². The van der Waals surface area contributed by atoms with E-state index in [0.717, 1.165) is 29.2 Å². The quantitative estimate of drug-likeness (QED) is 0.161. The molecule has 3 rings (SSSR count). The average molecular weight is 638 g/mol. The van der Waals surface area contributed by atoms with Gasteiger partial charge in [-0.05, 0) is 36.4 Å². The van der Waals surface area contributed by atoms with Gasteiger partial charge in [-0.3, -0.25) is 0 Å². The van der Waals surface area contributed by atoms with Crippen molar-refractivity contribution in [3.8, 4) is 0 Å². The molecular weight excluding hydrogens is 622 g/mol. The van der Waals surface area contributed by atoms with E-state index >= 15 is 0 Å². The van der Waals surface area contributed by atoms with Crippen LogP contribution < -0.4 is 0 Å². The fourth-order valence-corrected chi connectivity index (χ4v) is 3.61. The van der Waals surface area contributed by atoms with Crippen LogP contribution in [0.2, 0.25) is 0 Å². The summed E-state index contributed by atoms with van der Waals surface area (Å²) in [5.74, 6) is 0. The van der Waals surface area contributed by atoms with E-state index in [0.29, 0.717) is 24.3 Å². The van der Waals surface area contributed by atoms with E-state index in [9.17, 15) is 41.6 Å². The fraction of sp³-hybridized carbons (Fsp3) is 0. The molecule has 0 aliphatic rings. The minimum atomic E-state index is -9.43. The molecule has 0 fully saturated rings. The molecule has 3 aromatic rings. The molecule has 0 N–H and O–H groups in total. The van der Waals surface area contributed by atoms with E-state index < -0.39 is 47.2 Å². The molecule has 0 aliphatic heterocycles. The van der Waals surface area contributed by atoms with Gasteiger partial charge in [-0.25, -0.2) is 0 Å². The van der Waals surface area contributed by atoms with E-state index in [2.05, 4.69) is 23.3 Å². The Morgan fingerprint density at radius 1 is 0.529 bits per heavy atom. The summed E-state index contributed by atoms with van der Waals surface area (Å²) in [5.41, 5.74) is 0. The zero-order chi connectivity index (χ0) is 26.9. The molecule has 0 saturated heterocycles. The first-order chi connectivity index (χ1) is 15.0. The van der Waals surface area contributed by atoms with Crippen molar-refractivity contribution in [3.05, 3.63) is 91.0 Å². The van der Waals surface area contributed by atoms with Crippen molar-refractivity contribution in [2.45, 2.75) is 14.7 Å². The predicted molar refractivity (Wildman–Crippen MR) is 116 cm³/mol. The number of benzene rings is 3. The maximum atomic E-state index is 12.4. The molecular formula is C18H16ClF11S3Zn. The van der Waals surface area contributed by atoms with Gasteiger partial charge in [0, 0.05) is 15.6 Å². The third-order valence-electron chi connectivity index (χ3n) is 3.13. The second kappa shape index (κ2) is 10.5. The Bertz CT molecular complexity index is 937. The number of thiol groups is 1. The van der Waals surface area contributed by atoms with Crippen molar-refractivity contribution in [1.29, 1.82) is 0 Å². The number of rotatable bonds is 2. The summed E-state index contributed by atoms with van der Waals surface area (Å²) < 4.78 is 129. The molecule has 0 radical (unpaired) electrons. The molecule has 16 heteroatoms. The molecule has 0 atom stereocenters. The standard InChI is InChI=1S/C6H5ClF4S.C6H5F5S.C6H6S.2FH.Zn/c2*7-12(8,9,10,11)6-4-2-1-3-5-6;7-6-4-2-1-3-5-6;;;/h2*1-5H;1-5,7H;2*1H;/q;;;;;+2/p-2. The van der Waals surface area contributed by atoms with Crippen molar-refractivity contribution in [1.82, 2.24) is 0 Å². The summed E-state index contributed by atoms with van der Waals surface area (Å²) in [6.45, 7) is 0.